The van der Waals surface area contributed by atoms with Crippen LogP contribution in [0.25, 0.3) is 11.2 Å². The lowest BCUT2D eigenvalue weighted by Crippen LogP contribution is -2.40. The highest BCUT2D eigenvalue weighted by Gasteiger charge is 2.31. The van der Waals surface area contributed by atoms with Gasteiger partial charge in [0.2, 0.25) is 5.95 Å². The van der Waals surface area contributed by atoms with Crippen LogP contribution in [0.3, 0.4) is 0 Å². The molecule has 0 aliphatic carbocycles. The zero-order chi connectivity index (χ0) is 22.4. The SMILES string of the molecule is COc1ccccc1N1CC(C)Cn2c1nc1c2c(=O)n(Cc2ccccc2)c(=O)n1C. The van der Waals surface area contributed by atoms with Crippen LogP contribution in [-0.4, -0.2) is 32.3 Å². The van der Waals surface area contributed by atoms with Crippen molar-refractivity contribution in [3.8, 4) is 5.75 Å². The van der Waals surface area contributed by atoms with E-state index in [4.69, 9.17) is 9.72 Å². The molecule has 2 aromatic carbocycles. The molecule has 1 aliphatic heterocycles. The predicted molar refractivity (Wildman–Crippen MR) is 124 cm³/mol. The number of methoxy groups -OCH3 is 1. The van der Waals surface area contributed by atoms with Gasteiger partial charge in [-0.2, -0.15) is 4.98 Å². The first kappa shape index (κ1) is 20.1. The summed E-state index contributed by atoms with van der Waals surface area (Å²) in [6.45, 7) is 3.74. The molecule has 5 rings (SSSR count). The third kappa shape index (κ3) is 3.10. The van der Waals surface area contributed by atoms with Gasteiger partial charge in [0.25, 0.3) is 5.56 Å². The Kier molecular flexibility index (Phi) is 4.84. The van der Waals surface area contributed by atoms with Crippen molar-refractivity contribution in [3.63, 3.8) is 0 Å². The van der Waals surface area contributed by atoms with Crippen molar-refractivity contribution in [1.29, 1.82) is 0 Å². The fourth-order valence-corrected chi connectivity index (χ4v) is 4.47. The Morgan fingerprint density at radius 3 is 2.50 bits per heavy atom. The number of aryl methyl sites for hydroxylation is 1. The van der Waals surface area contributed by atoms with Gasteiger partial charge >= 0.3 is 5.69 Å². The lowest BCUT2D eigenvalue weighted by atomic mass is 10.1. The van der Waals surface area contributed by atoms with Gasteiger partial charge in [0, 0.05) is 20.1 Å². The van der Waals surface area contributed by atoms with Gasteiger partial charge in [0.15, 0.2) is 11.2 Å². The Bertz CT molecular complexity index is 1420. The van der Waals surface area contributed by atoms with Crippen molar-refractivity contribution in [3.05, 3.63) is 81.0 Å². The molecule has 4 aromatic rings. The summed E-state index contributed by atoms with van der Waals surface area (Å²) in [6, 6.07) is 17.3. The van der Waals surface area contributed by atoms with Gasteiger partial charge < -0.3 is 14.2 Å². The number of hydrogen-bond donors (Lipinski definition) is 0. The molecule has 164 valence electrons. The summed E-state index contributed by atoms with van der Waals surface area (Å²) < 4.78 is 10.3. The summed E-state index contributed by atoms with van der Waals surface area (Å²) in [7, 11) is 3.31. The molecule has 8 heteroatoms. The third-order valence-electron chi connectivity index (χ3n) is 6.00. The van der Waals surface area contributed by atoms with Gasteiger partial charge in [-0.1, -0.05) is 49.4 Å². The summed E-state index contributed by atoms with van der Waals surface area (Å²) in [5.74, 6) is 1.65. The number of hydrogen-bond acceptors (Lipinski definition) is 5. The van der Waals surface area contributed by atoms with Crippen LogP contribution in [0.4, 0.5) is 11.6 Å². The van der Waals surface area contributed by atoms with Crippen molar-refractivity contribution < 1.29 is 4.74 Å². The first-order valence-electron chi connectivity index (χ1n) is 10.6. The molecule has 2 aromatic heterocycles. The maximum atomic E-state index is 13.6. The van der Waals surface area contributed by atoms with Gasteiger partial charge in [-0.05, 0) is 23.6 Å². The first-order chi connectivity index (χ1) is 15.5. The molecule has 0 saturated carbocycles. The third-order valence-corrected chi connectivity index (χ3v) is 6.00. The highest BCUT2D eigenvalue weighted by Crippen LogP contribution is 2.37. The van der Waals surface area contributed by atoms with Gasteiger partial charge in [-0.15, -0.1) is 0 Å². The molecule has 1 unspecified atom stereocenters. The number of imidazole rings is 1. The Balaban J connectivity index is 1.74. The number of benzene rings is 2. The molecule has 0 bridgehead atoms. The van der Waals surface area contributed by atoms with Crippen LogP contribution < -0.4 is 20.9 Å². The second kappa shape index (κ2) is 7.71. The van der Waals surface area contributed by atoms with Crippen molar-refractivity contribution in [2.45, 2.75) is 20.0 Å². The number of para-hydroxylation sites is 2. The van der Waals surface area contributed by atoms with Gasteiger partial charge in [0.05, 0.1) is 19.3 Å². The number of ether oxygens (including phenoxy) is 1. The van der Waals surface area contributed by atoms with Gasteiger partial charge in [-0.3, -0.25) is 13.9 Å². The second-order valence-corrected chi connectivity index (χ2v) is 8.30. The van der Waals surface area contributed by atoms with Crippen molar-refractivity contribution in [1.82, 2.24) is 18.7 Å². The standard InChI is InChI=1S/C24H25N5O3/c1-16-13-27(18-11-7-8-12-19(18)32-3)23-25-21-20(28(23)14-16)22(30)29(24(31)26(21)2)15-17-9-5-4-6-10-17/h4-12,16H,13-15H2,1-3H3. The summed E-state index contributed by atoms with van der Waals surface area (Å²) in [4.78, 5) is 33.5. The van der Waals surface area contributed by atoms with Crippen LogP contribution in [0.1, 0.15) is 12.5 Å². The first-order valence-corrected chi connectivity index (χ1v) is 10.6. The normalized spacial score (nSPS) is 15.7. The molecule has 8 nitrogen and oxygen atoms in total. The summed E-state index contributed by atoms with van der Waals surface area (Å²) in [6.07, 6.45) is 0. The van der Waals surface area contributed by atoms with E-state index in [1.54, 1.807) is 14.2 Å². The molecule has 0 amide bonds. The van der Waals surface area contributed by atoms with Gasteiger partial charge in [-0.25, -0.2) is 4.79 Å². The van der Waals surface area contributed by atoms with E-state index in [9.17, 15) is 9.59 Å². The molecule has 0 N–H and O–H groups in total. The smallest absolute Gasteiger partial charge is 0.332 e. The summed E-state index contributed by atoms with van der Waals surface area (Å²) >= 11 is 0. The van der Waals surface area contributed by atoms with E-state index >= 15 is 0 Å². The minimum Gasteiger partial charge on any atom is -0.495 e. The highest BCUT2D eigenvalue weighted by molar-refractivity contribution is 5.78. The molecular weight excluding hydrogens is 406 g/mol. The fraction of sp³-hybridized carbons (Fsp3) is 0.292. The number of nitrogens with zero attached hydrogens (tertiary/aromatic N) is 5. The predicted octanol–water partition coefficient (Wildman–Crippen LogP) is 2.74. The maximum Gasteiger partial charge on any atom is 0.332 e. The van der Waals surface area contributed by atoms with E-state index in [2.05, 4.69) is 11.8 Å². The fourth-order valence-electron chi connectivity index (χ4n) is 4.47. The summed E-state index contributed by atoms with van der Waals surface area (Å²) in [5, 5.41) is 0. The van der Waals surface area contributed by atoms with Crippen LogP contribution in [0.15, 0.2) is 64.2 Å². The Hall–Kier alpha value is -3.81. The Labute approximate surface area is 184 Å². The quantitative estimate of drug-likeness (QED) is 0.497. The molecule has 1 atom stereocenters. The van der Waals surface area contributed by atoms with Gasteiger partial charge in [0.1, 0.15) is 5.75 Å². The monoisotopic (exact) mass is 431 g/mol. The van der Waals surface area contributed by atoms with Crippen LogP contribution in [0.2, 0.25) is 0 Å². The second-order valence-electron chi connectivity index (χ2n) is 8.30. The van der Waals surface area contributed by atoms with E-state index in [1.807, 2.05) is 59.2 Å². The topological polar surface area (TPSA) is 74.3 Å². The Morgan fingerprint density at radius 1 is 1.03 bits per heavy atom. The minimum atomic E-state index is -0.376. The molecule has 1 aliphatic rings. The molecule has 0 fully saturated rings. The highest BCUT2D eigenvalue weighted by atomic mass is 16.5. The van der Waals surface area contributed by atoms with Crippen molar-refractivity contribution >= 4 is 22.8 Å². The maximum absolute atomic E-state index is 13.6. The molecule has 0 saturated heterocycles. The van der Waals surface area contributed by atoms with E-state index in [0.29, 0.717) is 23.7 Å². The molecule has 0 spiro atoms. The minimum absolute atomic E-state index is 0.217. The van der Waals surface area contributed by atoms with Crippen molar-refractivity contribution in [2.24, 2.45) is 13.0 Å². The van der Waals surface area contributed by atoms with E-state index in [0.717, 1.165) is 23.5 Å². The van der Waals surface area contributed by atoms with Crippen LogP contribution in [0, 0.1) is 5.92 Å². The molecular formula is C24H25N5O3. The lowest BCUT2D eigenvalue weighted by molar-refractivity contribution is 0.409. The number of fused-ring (bicyclic) bond motifs is 3. The van der Waals surface area contributed by atoms with E-state index < -0.39 is 0 Å². The average Bonchev–Trinajstić information content (AvgIpc) is 3.20. The van der Waals surface area contributed by atoms with Crippen LogP contribution >= 0.6 is 0 Å². The lowest BCUT2D eigenvalue weighted by Gasteiger charge is -2.33. The molecule has 0 radical (unpaired) electrons. The Morgan fingerprint density at radius 2 is 1.75 bits per heavy atom. The molecule has 32 heavy (non-hydrogen) atoms. The number of rotatable bonds is 4. The number of aromatic nitrogens is 4. The average molecular weight is 431 g/mol. The van der Waals surface area contributed by atoms with Crippen LogP contribution in [-0.2, 0) is 20.1 Å². The van der Waals surface area contributed by atoms with E-state index in [1.165, 1.54) is 9.13 Å². The zero-order valence-electron chi connectivity index (χ0n) is 18.4. The largest absolute Gasteiger partial charge is 0.495 e. The molecule has 3 heterocycles. The summed E-state index contributed by atoms with van der Waals surface area (Å²) in [5.41, 5.74) is 1.93. The van der Waals surface area contributed by atoms with Crippen LogP contribution in [0.5, 0.6) is 5.75 Å². The van der Waals surface area contributed by atoms with E-state index in [-0.39, 0.29) is 23.7 Å². The van der Waals surface area contributed by atoms with Crippen molar-refractivity contribution in [2.75, 3.05) is 18.6 Å². The number of anilines is 2. The zero-order valence-corrected chi connectivity index (χ0v) is 18.4.